The number of halogens is 2. The van der Waals surface area contributed by atoms with E-state index in [9.17, 15) is 18.4 Å². The fourth-order valence-electron chi connectivity index (χ4n) is 2.42. The van der Waals surface area contributed by atoms with Crippen LogP contribution in [0.15, 0.2) is 12.1 Å². The molecule has 0 saturated carbocycles. The molecule has 1 unspecified atom stereocenters. The molecule has 0 aliphatic carbocycles. The van der Waals surface area contributed by atoms with Gasteiger partial charge in [0.15, 0.2) is 0 Å². The number of esters is 1. The molecule has 2 rings (SSSR count). The molecule has 21 heavy (non-hydrogen) atoms. The lowest BCUT2D eigenvalue weighted by molar-refractivity contribution is -0.146. The summed E-state index contributed by atoms with van der Waals surface area (Å²) < 4.78 is 31.5. The number of methoxy groups -OCH3 is 1. The number of carbonyl (C=O) groups excluding carboxylic acids is 2. The number of anilines is 1. The van der Waals surface area contributed by atoms with Crippen LogP contribution in [0.1, 0.15) is 23.2 Å². The van der Waals surface area contributed by atoms with Gasteiger partial charge in [0.25, 0.3) is 5.91 Å². The third kappa shape index (κ3) is 3.12. The minimum absolute atomic E-state index is 0.155. The molecule has 0 radical (unpaired) electrons. The fourth-order valence-corrected chi connectivity index (χ4v) is 2.42. The third-order valence-electron chi connectivity index (χ3n) is 3.56. The Labute approximate surface area is 120 Å². The number of ether oxygens (including phenoxy) is 1. The molecule has 1 aliphatic rings. The Hall–Kier alpha value is -2.18. The highest BCUT2D eigenvalue weighted by Crippen LogP contribution is 2.23. The van der Waals surface area contributed by atoms with E-state index in [1.807, 2.05) is 0 Å². The van der Waals surface area contributed by atoms with Crippen LogP contribution in [-0.2, 0) is 9.53 Å². The Bertz CT molecular complexity index is 578. The first kappa shape index (κ1) is 15.2. The number of nitrogen functional groups attached to an aromatic ring is 1. The number of hydrogen-bond donors (Lipinski definition) is 1. The Morgan fingerprint density at radius 2 is 2.05 bits per heavy atom. The van der Waals surface area contributed by atoms with Crippen molar-refractivity contribution in [3.05, 3.63) is 29.3 Å². The van der Waals surface area contributed by atoms with Gasteiger partial charge >= 0.3 is 5.97 Å². The predicted octanol–water partition coefficient (Wildman–Crippen LogP) is 1.57. The lowest BCUT2D eigenvalue weighted by atomic mass is 9.97. The quantitative estimate of drug-likeness (QED) is 0.664. The van der Waals surface area contributed by atoms with Gasteiger partial charge in [-0.3, -0.25) is 9.59 Å². The maximum atomic E-state index is 13.7. The molecular formula is C14H16F2N2O3. The van der Waals surface area contributed by atoms with Crippen molar-refractivity contribution in [1.82, 2.24) is 4.90 Å². The number of amides is 1. The summed E-state index contributed by atoms with van der Waals surface area (Å²) in [4.78, 5) is 25.2. The van der Waals surface area contributed by atoms with E-state index in [-0.39, 0.29) is 17.8 Å². The van der Waals surface area contributed by atoms with E-state index in [0.717, 1.165) is 6.07 Å². The summed E-state index contributed by atoms with van der Waals surface area (Å²) in [6.07, 6.45) is 1.23. The van der Waals surface area contributed by atoms with Crippen molar-refractivity contribution in [2.75, 3.05) is 25.9 Å². The third-order valence-corrected chi connectivity index (χ3v) is 3.56. The van der Waals surface area contributed by atoms with Gasteiger partial charge < -0.3 is 15.4 Å². The van der Waals surface area contributed by atoms with Gasteiger partial charge in [0, 0.05) is 19.2 Å². The van der Waals surface area contributed by atoms with Crippen molar-refractivity contribution in [3.63, 3.8) is 0 Å². The van der Waals surface area contributed by atoms with Crippen LogP contribution < -0.4 is 5.73 Å². The molecule has 1 saturated heterocycles. The summed E-state index contributed by atoms with van der Waals surface area (Å²) in [5.74, 6) is -3.30. The SMILES string of the molecule is COC(=O)C1CCCN(C(=O)c2cc(N)c(F)cc2F)C1. The average molecular weight is 298 g/mol. The molecule has 1 fully saturated rings. The second kappa shape index (κ2) is 6.07. The first-order valence-corrected chi connectivity index (χ1v) is 6.55. The largest absolute Gasteiger partial charge is 0.469 e. The van der Waals surface area contributed by atoms with Crippen LogP contribution in [-0.4, -0.2) is 37.0 Å². The van der Waals surface area contributed by atoms with Crippen LogP contribution in [0, 0.1) is 17.6 Å². The van der Waals surface area contributed by atoms with Crippen LogP contribution in [0.25, 0.3) is 0 Å². The van der Waals surface area contributed by atoms with Crippen molar-refractivity contribution in [1.29, 1.82) is 0 Å². The highest BCUT2D eigenvalue weighted by molar-refractivity contribution is 5.95. The number of benzene rings is 1. The van der Waals surface area contributed by atoms with Crippen molar-refractivity contribution < 1.29 is 23.1 Å². The molecular weight excluding hydrogens is 282 g/mol. The number of piperidine rings is 1. The van der Waals surface area contributed by atoms with Crippen LogP contribution in [0.2, 0.25) is 0 Å². The van der Waals surface area contributed by atoms with E-state index in [0.29, 0.717) is 25.5 Å². The fraction of sp³-hybridized carbons (Fsp3) is 0.429. The summed E-state index contributed by atoms with van der Waals surface area (Å²) >= 11 is 0. The highest BCUT2D eigenvalue weighted by atomic mass is 19.1. The summed E-state index contributed by atoms with van der Waals surface area (Å²) in [7, 11) is 1.28. The van der Waals surface area contributed by atoms with E-state index in [4.69, 9.17) is 5.73 Å². The Morgan fingerprint density at radius 3 is 2.71 bits per heavy atom. The van der Waals surface area contributed by atoms with Gasteiger partial charge in [0.05, 0.1) is 24.3 Å². The van der Waals surface area contributed by atoms with E-state index in [1.54, 1.807) is 0 Å². The molecule has 1 heterocycles. The van der Waals surface area contributed by atoms with Crippen molar-refractivity contribution in [3.8, 4) is 0 Å². The van der Waals surface area contributed by atoms with Crippen molar-refractivity contribution >= 4 is 17.6 Å². The first-order valence-electron chi connectivity index (χ1n) is 6.55. The Kier molecular flexibility index (Phi) is 4.40. The van der Waals surface area contributed by atoms with Gasteiger partial charge in [0.1, 0.15) is 11.6 Å². The highest BCUT2D eigenvalue weighted by Gasteiger charge is 2.30. The van der Waals surface area contributed by atoms with Crippen molar-refractivity contribution in [2.45, 2.75) is 12.8 Å². The number of hydrogen-bond acceptors (Lipinski definition) is 4. The average Bonchev–Trinajstić information content (AvgIpc) is 2.49. The van der Waals surface area contributed by atoms with Crippen molar-refractivity contribution in [2.24, 2.45) is 5.92 Å². The molecule has 0 bridgehead atoms. The number of likely N-dealkylation sites (tertiary alicyclic amines) is 1. The molecule has 0 aromatic heterocycles. The van der Waals surface area contributed by atoms with E-state index in [1.165, 1.54) is 12.0 Å². The van der Waals surface area contributed by atoms with Gasteiger partial charge in [-0.1, -0.05) is 0 Å². The van der Waals surface area contributed by atoms with Crippen LogP contribution in [0.4, 0.5) is 14.5 Å². The number of nitrogens with zero attached hydrogens (tertiary/aromatic N) is 1. The van der Waals surface area contributed by atoms with Gasteiger partial charge in [-0.25, -0.2) is 8.78 Å². The van der Waals surface area contributed by atoms with E-state index in [2.05, 4.69) is 4.74 Å². The second-order valence-corrected chi connectivity index (χ2v) is 4.97. The molecule has 1 atom stereocenters. The zero-order valence-corrected chi connectivity index (χ0v) is 11.6. The van der Waals surface area contributed by atoms with Crippen LogP contribution in [0.5, 0.6) is 0 Å². The molecule has 2 N–H and O–H groups in total. The normalized spacial score (nSPS) is 18.4. The molecule has 0 spiro atoms. The minimum Gasteiger partial charge on any atom is -0.469 e. The lowest BCUT2D eigenvalue weighted by Gasteiger charge is -2.31. The molecule has 1 aromatic rings. The van der Waals surface area contributed by atoms with Gasteiger partial charge in [-0.15, -0.1) is 0 Å². The molecule has 7 heteroatoms. The van der Waals surface area contributed by atoms with Crippen LogP contribution in [0.3, 0.4) is 0 Å². The second-order valence-electron chi connectivity index (χ2n) is 4.97. The number of nitrogens with two attached hydrogens (primary N) is 1. The standard InChI is InChI=1S/C14H16F2N2O3/c1-21-14(20)8-3-2-4-18(7-8)13(19)9-5-12(17)11(16)6-10(9)15/h5-6,8H,2-4,7,17H2,1H3. The zero-order chi connectivity index (χ0) is 15.6. The Balaban J connectivity index is 2.20. The minimum atomic E-state index is -0.966. The summed E-state index contributed by atoms with van der Waals surface area (Å²) in [6.45, 7) is 0.561. The summed E-state index contributed by atoms with van der Waals surface area (Å²) in [6, 6.07) is 1.57. The predicted molar refractivity (Wildman–Crippen MR) is 71.4 cm³/mol. The maximum Gasteiger partial charge on any atom is 0.310 e. The number of rotatable bonds is 2. The monoisotopic (exact) mass is 298 g/mol. The maximum absolute atomic E-state index is 13.7. The van der Waals surface area contributed by atoms with E-state index < -0.39 is 29.4 Å². The summed E-state index contributed by atoms with van der Waals surface area (Å²) in [5, 5.41) is 0. The molecule has 1 aliphatic heterocycles. The first-order chi connectivity index (χ1) is 9.93. The smallest absolute Gasteiger partial charge is 0.310 e. The Morgan fingerprint density at radius 1 is 1.33 bits per heavy atom. The molecule has 5 nitrogen and oxygen atoms in total. The molecule has 1 amide bonds. The van der Waals surface area contributed by atoms with Gasteiger partial charge in [0.2, 0.25) is 0 Å². The zero-order valence-electron chi connectivity index (χ0n) is 11.6. The van der Waals surface area contributed by atoms with Gasteiger partial charge in [-0.05, 0) is 18.9 Å². The summed E-state index contributed by atoms with van der Waals surface area (Å²) in [5.41, 5.74) is 4.78. The van der Waals surface area contributed by atoms with Gasteiger partial charge in [-0.2, -0.15) is 0 Å². The van der Waals surface area contributed by atoms with E-state index >= 15 is 0 Å². The molecule has 114 valence electrons. The van der Waals surface area contributed by atoms with Crippen LogP contribution >= 0.6 is 0 Å². The molecule has 1 aromatic carbocycles. The number of carbonyl (C=O) groups is 2. The lowest BCUT2D eigenvalue weighted by Crippen LogP contribution is -2.43. The topological polar surface area (TPSA) is 72.6 Å².